The lowest BCUT2D eigenvalue weighted by Gasteiger charge is -2.16. The van der Waals surface area contributed by atoms with Crippen LogP contribution in [0.5, 0.6) is 0 Å². The maximum atomic E-state index is 9.21. The van der Waals surface area contributed by atoms with Crippen molar-refractivity contribution in [2.75, 3.05) is 18.5 Å². The van der Waals surface area contributed by atoms with Crippen LogP contribution in [-0.2, 0) is 6.42 Å². The average molecular weight is 319 g/mol. The number of anilines is 1. The van der Waals surface area contributed by atoms with Crippen molar-refractivity contribution >= 4 is 27.4 Å². The minimum atomic E-state index is 0.275. The number of aryl methyl sites for hydroxylation is 1. The molecule has 2 heterocycles. The van der Waals surface area contributed by atoms with Gasteiger partial charge in [-0.2, -0.15) is 0 Å². The van der Waals surface area contributed by atoms with Crippen LogP contribution < -0.4 is 5.32 Å². The third-order valence-corrected chi connectivity index (χ3v) is 5.40. The van der Waals surface area contributed by atoms with Gasteiger partial charge in [-0.3, -0.25) is 0 Å². The van der Waals surface area contributed by atoms with Crippen molar-refractivity contribution in [2.24, 2.45) is 11.3 Å². The SMILES string of the molecule is Cc1nc(NCC2(CCO)CC2)c2c(CC(C)C)csc2n1. The molecule has 2 aromatic rings. The van der Waals surface area contributed by atoms with Crippen LogP contribution in [0, 0.1) is 18.3 Å². The fraction of sp³-hybridized carbons (Fsp3) is 0.647. The van der Waals surface area contributed by atoms with E-state index in [1.54, 1.807) is 11.3 Å². The first-order valence-corrected chi connectivity index (χ1v) is 9.00. The predicted octanol–water partition coefficient (Wildman–Crippen LogP) is 3.77. The Balaban J connectivity index is 1.88. The van der Waals surface area contributed by atoms with Gasteiger partial charge in [0.1, 0.15) is 16.5 Å². The zero-order chi connectivity index (χ0) is 15.7. The third-order valence-electron chi connectivity index (χ3n) is 4.48. The van der Waals surface area contributed by atoms with Gasteiger partial charge < -0.3 is 10.4 Å². The first-order chi connectivity index (χ1) is 10.5. The summed E-state index contributed by atoms with van der Waals surface area (Å²) >= 11 is 1.71. The van der Waals surface area contributed by atoms with E-state index in [4.69, 9.17) is 0 Å². The fourth-order valence-electron chi connectivity index (χ4n) is 3.03. The van der Waals surface area contributed by atoms with Crippen LogP contribution in [0.25, 0.3) is 10.2 Å². The molecule has 120 valence electrons. The Kier molecular flexibility index (Phi) is 4.37. The van der Waals surface area contributed by atoms with Crippen molar-refractivity contribution in [1.29, 1.82) is 0 Å². The van der Waals surface area contributed by atoms with Crippen LogP contribution in [0.3, 0.4) is 0 Å². The summed E-state index contributed by atoms with van der Waals surface area (Å²) in [5.74, 6) is 2.42. The van der Waals surface area contributed by atoms with Crippen molar-refractivity contribution in [1.82, 2.24) is 9.97 Å². The Morgan fingerprint density at radius 2 is 2.14 bits per heavy atom. The van der Waals surface area contributed by atoms with E-state index >= 15 is 0 Å². The van der Waals surface area contributed by atoms with Gasteiger partial charge in [0.15, 0.2) is 0 Å². The Bertz CT molecular complexity index is 661. The predicted molar refractivity (Wildman–Crippen MR) is 92.6 cm³/mol. The van der Waals surface area contributed by atoms with Crippen molar-refractivity contribution < 1.29 is 5.11 Å². The number of hydrogen-bond acceptors (Lipinski definition) is 5. The van der Waals surface area contributed by atoms with Gasteiger partial charge in [-0.25, -0.2) is 9.97 Å². The van der Waals surface area contributed by atoms with Gasteiger partial charge in [0.05, 0.1) is 5.39 Å². The third kappa shape index (κ3) is 3.25. The first-order valence-electron chi connectivity index (χ1n) is 8.12. The van der Waals surface area contributed by atoms with Crippen LogP contribution in [-0.4, -0.2) is 28.2 Å². The molecule has 0 unspecified atom stereocenters. The quantitative estimate of drug-likeness (QED) is 0.815. The van der Waals surface area contributed by atoms with Gasteiger partial charge in [-0.1, -0.05) is 13.8 Å². The average Bonchev–Trinajstić information content (AvgIpc) is 3.11. The van der Waals surface area contributed by atoms with Crippen LogP contribution >= 0.6 is 11.3 Å². The molecule has 1 aliphatic rings. The molecule has 3 rings (SSSR count). The molecule has 2 aromatic heterocycles. The summed E-state index contributed by atoms with van der Waals surface area (Å²) in [7, 11) is 0. The largest absolute Gasteiger partial charge is 0.396 e. The van der Waals surface area contributed by atoms with E-state index in [0.717, 1.165) is 35.9 Å². The van der Waals surface area contributed by atoms with Crippen LogP contribution in [0.15, 0.2) is 5.38 Å². The maximum absolute atomic E-state index is 9.21. The highest BCUT2D eigenvalue weighted by atomic mass is 32.1. The topological polar surface area (TPSA) is 58.0 Å². The van der Waals surface area contributed by atoms with Gasteiger partial charge >= 0.3 is 0 Å². The highest BCUT2D eigenvalue weighted by molar-refractivity contribution is 7.17. The Hall–Kier alpha value is -1.20. The molecule has 22 heavy (non-hydrogen) atoms. The number of aliphatic hydroxyl groups excluding tert-OH is 1. The second-order valence-electron chi connectivity index (χ2n) is 6.99. The van der Waals surface area contributed by atoms with Gasteiger partial charge in [0, 0.05) is 13.2 Å². The second kappa shape index (κ2) is 6.13. The fourth-order valence-corrected chi connectivity index (χ4v) is 4.02. The van der Waals surface area contributed by atoms with Crippen LogP contribution in [0.4, 0.5) is 5.82 Å². The van der Waals surface area contributed by atoms with Crippen LogP contribution in [0.1, 0.15) is 44.5 Å². The van der Waals surface area contributed by atoms with E-state index in [0.29, 0.717) is 5.92 Å². The molecule has 1 saturated carbocycles. The number of aromatic nitrogens is 2. The van der Waals surface area contributed by atoms with E-state index in [2.05, 4.69) is 34.5 Å². The molecular formula is C17H25N3OS. The molecule has 1 aliphatic carbocycles. The normalized spacial score (nSPS) is 16.4. The molecule has 0 aliphatic heterocycles. The number of nitrogens with one attached hydrogen (secondary N) is 1. The van der Waals surface area contributed by atoms with Crippen molar-refractivity contribution in [2.45, 2.75) is 46.5 Å². The number of thiophene rings is 1. The van der Waals surface area contributed by atoms with E-state index in [1.807, 2.05) is 6.92 Å². The Morgan fingerprint density at radius 1 is 1.36 bits per heavy atom. The molecule has 4 nitrogen and oxygen atoms in total. The highest BCUT2D eigenvalue weighted by Gasteiger charge is 2.41. The standard InChI is InChI=1S/C17H25N3OS/c1-11(2)8-13-9-22-16-14(13)15(19-12(3)20-16)18-10-17(4-5-17)6-7-21/h9,11,21H,4-8,10H2,1-3H3,(H,18,19,20). The summed E-state index contributed by atoms with van der Waals surface area (Å²) in [5, 5.41) is 16.2. The van der Waals surface area contributed by atoms with Crippen molar-refractivity contribution in [3.8, 4) is 0 Å². The zero-order valence-corrected chi connectivity index (χ0v) is 14.5. The number of aliphatic hydroxyl groups is 1. The lowest BCUT2D eigenvalue weighted by molar-refractivity contribution is 0.253. The summed E-state index contributed by atoms with van der Waals surface area (Å²) < 4.78 is 0. The van der Waals surface area contributed by atoms with E-state index in [1.165, 1.54) is 23.8 Å². The van der Waals surface area contributed by atoms with Gasteiger partial charge in [-0.15, -0.1) is 11.3 Å². The minimum absolute atomic E-state index is 0.275. The van der Waals surface area contributed by atoms with E-state index < -0.39 is 0 Å². The first kappa shape index (κ1) is 15.7. The van der Waals surface area contributed by atoms with Crippen molar-refractivity contribution in [3.05, 3.63) is 16.8 Å². The summed E-state index contributed by atoms with van der Waals surface area (Å²) in [4.78, 5) is 10.3. The lowest BCUT2D eigenvalue weighted by atomic mass is 10.0. The van der Waals surface area contributed by atoms with Gasteiger partial charge in [-0.05, 0) is 54.9 Å². The zero-order valence-electron chi connectivity index (χ0n) is 13.6. The Morgan fingerprint density at radius 3 is 2.77 bits per heavy atom. The molecule has 1 fully saturated rings. The summed E-state index contributed by atoms with van der Waals surface area (Å²) in [6.45, 7) is 7.61. The molecule has 0 bridgehead atoms. The van der Waals surface area contributed by atoms with E-state index in [9.17, 15) is 5.11 Å². The molecule has 0 spiro atoms. The number of nitrogens with zero attached hydrogens (tertiary/aromatic N) is 2. The van der Waals surface area contributed by atoms with Gasteiger partial charge in [0.2, 0.25) is 0 Å². The summed E-state index contributed by atoms with van der Waals surface area (Å²) in [6.07, 6.45) is 4.35. The minimum Gasteiger partial charge on any atom is -0.396 e. The molecule has 0 saturated heterocycles. The smallest absolute Gasteiger partial charge is 0.138 e. The number of hydrogen-bond donors (Lipinski definition) is 2. The molecule has 0 radical (unpaired) electrons. The molecule has 0 aromatic carbocycles. The molecule has 0 amide bonds. The Labute approximate surface area is 136 Å². The highest BCUT2D eigenvalue weighted by Crippen LogP contribution is 2.48. The van der Waals surface area contributed by atoms with Crippen LogP contribution in [0.2, 0.25) is 0 Å². The number of rotatable bonds is 7. The second-order valence-corrected chi connectivity index (χ2v) is 7.84. The summed E-state index contributed by atoms with van der Waals surface area (Å²) in [6, 6.07) is 0. The molecule has 0 atom stereocenters. The monoisotopic (exact) mass is 319 g/mol. The lowest BCUT2D eigenvalue weighted by Crippen LogP contribution is -2.18. The molecule has 5 heteroatoms. The van der Waals surface area contributed by atoms with Gasteiger partial charge in [0.25, 0.3) is 0 Å². The molecular weight excluding hydrogens is 294 g/mol. The maximum Gasteiger partial charge on any atom is 0.138 e. The summed E-state index contributed by atoms with van der Waals surface area (Å²) in [5.41, 5.74) is 1.64. The van der Waals surface area contributed by atoms with E-state index in [-0.39, 0.29) is 12.0 Å². The number of fused-ring (bicyclic) bond motifs is 1. The molecule has 2 N–H and O–H groups in total. The van der Waals surface area contributed by atoms with Crippen molar-refractivity contribution in [3.63, 3.8) is 0 Å².